The van der Waals surface area contributed by atoms with Crippen molar-refractivity contribution in [2.24, 2.45) is 0 Å². The molecule has 0 saturated carbocycles. The SMILES string of the molecule is Cc1cccc(CNC(=O)C(=O)NC(C)c2ccccc2)c1. The molecule has 0 aliphatic rings. The van der Waals surface area contributed by atoms with Gasteiger partial charge in [-0.15, -0.1) is 0 Å². The van der Waals surface area contributed by atoms with Crippen LogP contribution in [0.2, 0.25) is 0 Å². The third kappa shape index (κ3) is 4.45. The van der Waals surface area contributed by atoms with Crippen LogP contribution in [0.4, 0.5) is 0 Å². The van der Waals surface area contributed by atoms with Crippen LogP contribution in [-0.4, -0.2) is 11.8 Å². The van der Waals surface area contributed by atoms with Crippen LogP contribution >= 0.6 is 0 Å². The van der Waals surface area contributed by atoms with Crippen molar-refractivity contribution in [2.75, 3.05) is 0 Å². The molecule has 0 bridgehead atoms. The predicted octanol–water partition coefficient (Wildman–Crippen LogP) is 2.49. The zero-order valence-electron chi connectivity index (χ0n) is 12.8. The lowest BCUT2D eigenvalue weighted by molar-refractivity contribution is -0.139. The zero-order chi connectivity index (χ0) is 15.9. The lowest BCUT2D eigenvalue weighted by atomic mass is 10.1. The fourth-order valence-electron chi connectivity index (χ4n) is 2.17. The van der Waals surface area contributed by atoms with Gasteiger partial charge in [0.05, 0.1) is 6.04 Å². The molecule has 0 heterocycles. The number of carbonyl (C=O) groups is 2. The molecule has 4 nitrogen and oxygen atoms in total. The predicted molar refractivity (Wildman–Crippen MR) is 86.0 cm³/mol. The third-order valence-electron chi connectivity index (χ3n) is 3.39. The molecule has 1 unspecified atom stereocenters. The molecule has 2 amide bonds. The number of nitrogens with one attached hydrogen (secondary N) is 2. The summed E-state index contributed by atoms with van der Waals surface area (Å²) in [5, 5.41) is 5.32. The number of aryl methyl sites for hydroxylation is 1. The van der Waals surface area contributed by atoms with Crippen LogP contribution in [0, 0.1) is 6.92 Å². The van der Waals surface area contributed by atoms with Gasteiger partial charge in [-0.1, -0.05) is 60.2 Å². The summed E-state index contributed by atoms with van der Waals surface area (Å²) in [6.45, 7) is 4.17. The molecule has 0 aliphatic heterocycles. The number of benzene rings is 2. The van der Waals surface area contributed by atoms with Gasteiger partial charge in [0.1, 0.15) is 0 Å². The highest BCUT2D eigenvalue weighted by atomic mass is 16.2. The highest BCUT2D eigenvalue weighted by Crippen LogP contribution is 2.10. The van der Waals surface area contributed by atoms with Crippen LogP contribution in [0.3, 0.4) is 0 Å². The van der Waals surface area contributed by atoms with Gasteiger partial charge in [0, 0.05) is 6.54 Å². The van der Waals surface area contributed by atoms with Gasteiger partial charge >= 0.3 is 11.8 Å². The van der Waals surface area contributed by atoms with Crippen LogP contribution in [0.25, 0.3) is 0 Å². The van der Waals surface area contributed by atoms with Gasteiger partial charge in [0.2, 0.25) is 0 Å². The average molecular weight is 296 g/mol. The van der Waals surface area contributed by atoms with Crippen LogP contribution in [0.5, 0.6) is 0 Å². The van der Waals surface area contributed by atoms with E-state index in [1.54, 1.807) is 0 Å². The van der Waals surface area contributed by atoms with E-state index in [1.807, 2.05) is 68.4 Å². The van der Waals surface area contributed by atoms with E-state index in [0.29, 0.717) is 6.54 Å². The van der Waals surface area contributed by atoms with Gasteiger partial charge in [-0.25, -0.2) is 0 Å². The Bertz CT molecular complexity index is 653. The highest BCUT2D eigenvalue weighted by molar-refractivity contribution is 6.35. The highest BCUT2D eigenvalue weighted by Gasteiger charge is 2.16. The minimum absolute atomic E-state index is 0.210. The molecule has 2 aromatic rings. The van der Waals surface area contributed by atoms with Crippen molar-refractivity contribution >= 4 is 11.8 Å². The molecule has 0 radical (unpaired) electrons. The second-order valence-corrected chi connectivity index (χ2v) is 5.28. The molecule has 2 rings (SSSR count). The summed E-state index contributed by atoms with van der Waals surface area (Å²) in [5.41, 5.74) is 3.05. The fraction of sp³-hybridized carbons (Fsp3) is 0.222. The third-order valence-corrected chi connectivity index (χ3v) is 3.39. The van der Waals surface area contributed by atoms with Crippen molar-refractivity contribution in [1.29, 1.82) is 0 Å². The summed E-state index contributed by atoms with van der Waals surface area (Å²) in [5.74, 6) is -1.24. The van der Waals surface area contributed by atoms with Crippen molar-refractivity contribution in [3.63, 3.8) is 0 Å². The first-order chi connectivity index (χ1) is 10.6. The maximum absolute atomic E-state index is 11.9. The van der Waals surface area contributed by atoms with E-state index < -0.39 is 11.8 Å². The number of carbonyl (C=O) groups excluding carboxylic acids is 2. The van der Waals surface area contributed by atoms with E-state index in [9.17, 15) is 9.59 Å². The Morgan fingerprint density at radius 2 is 1.73 bits per heavy atom. The molecular weight excluding hydrogens is 276 g/mol. The van der Waals surface area contributed by atoms with Crippen molar-refractivity contribution in [3.8, 4) is 0 Å². The maximum atomic E-state index is 11.9. The number of hydrogen-bond acceptors (Lipinski definition) is 2. The molecule has 0 spiro atoms. The molecule has 0 aliphatic carbocycles. The minimum atomic E-state index is -0.621. The van der Waals surface area contributed by atoms with Gasteiger partial charge in [0.25, 0.3) is 0 Å². The van der Waals surface area contributed by atoms with Gasteiger partial charge in [-0.05, 0) is 25.0 Å². The Kier molecular flexibility index (Phi) is 5.31. The average Bonchev–Trinajstić information content (AvgIpc) is 2.53. The quantitative estimate of drug-likeness (QED) is 0.852. The molecule has 2 N–H and O–H groups in total. The van der Waals surface area contributed by atoms with Gasteiger partial charge in [-0.3, -0.25) is 9.59 Å². The Morgan fingerprint density at radius 3 is 2.41 bits per heavy atom. The second kappa shape index (κ2) is 7.41. The van der Waals surface area contributed by atoms with Crippen LogP contribution in [0.1, 0.15) is 29.7 Å². The lowest BCUT2D eigenvalue weighted by Gasteiger charge is -2.14. The summed E-state index contributed by atoms with van der Waals surface area (Å²) in [4.78, 5) is 23.7. The van der Waals surface area contributed by atoms with Crippen molar-refractivity contribution in [1.82, 2.24) is 10.6 Å². The molecule has 0 aromatic heterocycles. The standard InChI is InChI=1S/C18H20N2O2/c1-13-7-6-8-15(11-13)12-19-17(21)18(22)20-14(2)16-9-4-3-5-10-16/h3-11,14H,12H2,1-2H3,(H,19,21)(H,20,22). The fourth-order valence-corrected chi connectivity index (χ4v) is 2.17. The minimum Gasteiger partial charge on any atom is -0.344 e. The molecule has 114 valence electrons. The Balaban J connectivity index is 1.86. The normalized spacial score (nSPS) is 11.5. The van der Waals surface area contributed by atoms with Crippen molar-refractivity contribution in [2.45, 2.75) is 26.4 Å². The molecule has 0 fully saturated rings. The van der Waals surface area contributed by atoms with E-state index in [2.05, 4.69) is 10.6 Å². The summed E-state index contributed by atoms with van der Waals surface area (Å²) in [6.07, 6.45) is 0. The first-order valence-corrected chi connectivity index (χ1v) is 7.25. The first kappa shape index (κ1) is 15.8. The number of rotatable bonds is 4. The second-order valence-electron chi connectivity index (χ2n) is 5.28. The zero-order valence-corrected chi connectivity index (χ0v) is 12.8. The Morgan fingerprint density at radius 1 is 1.00 bits per heavy atom. The number of hydrogen-bond donors (Lipinski definition) is 2. The molecule has 2 aromatic carbocycles. The topological polar surface area (TPSA) is 58.2 Å². The summed E-state index contributed by atoms with van der Waals surface area (Å²) >= 11 is 0. The van der Waals surface area contributed by atoms with E-state index >= 15 is 0 Å². The summed E-state index contributed by atoms with van der Waals surface area (Å²) < 4.78 is 0. The van der Waals surface area contributed by atoms with E-state index in [-0.39, 0.29) is 6.04 Å². The molecule has 1 atom stereocenters. The van der Waals surface area contributed by atoms with E-state index in [1.165, 1.54) is 0 Å². The smallest absolute Gasteiger partial charge is 0.309 e. The van der Waals surface area contributed by atoms with Crippen LogP contribution < -0.4 is 10.6 Å². The van der Waals surface area contributed by atoms with Gasteiger partial charge < -0.3 is 10.6 Å². The van der Waals surface area contributed by atoms with E-state index in [0.717, 1.165) is 16.7 Å². The Hall–Kier alpha value is -2.62. The Labute approximate surface area is 130 Å². The monoisotopic (exact) mass is 296 g/mol. The summed E-state index contributed by atoms with van der Waals surface area (Å²) in [7, 11) is 0. The largest absolute Gasteiger partial charge is 0.344 e. The lowest BCUT2D eigenvalue weighted by Crippen LogP contribution is -2.40. The van der Waals surface area contributed by atoms with Crippen LogP contribution in [-0.2, 0) is 16.1 Å². The van der Waals surface area contributed by atoms with Crippen molar-refractivity contribution in [3.05, 3.63) is 71.3 Å². The van der Waals surface area contributed by atoms with E-state index in [4.69, 9.17) is 0 Å². The first-order valence-electron chi connectivity index (χ1n) is 7.25. The molecule has 4 heteroatoms. The van der Waals surface area contributed by atoms with Gasteiger partial charge in [0.15, 0.2) is 0 Å². The molecule has 0 saturated heterocycles. The van der Waals surface area contributed by atoms with Crippen LogP contribution in [0.15, 0.2) is 54.6 Å². The van der Waals surface area contributed by atoms with Gasteiger partial charge in [-0.2, -0.15) is 0 Å². The maximum Gasteiger partial charge on any atom is 0.309 e. The summed E-state index contributed by atoms with van der Waals surface area (Å²) in [6, 6.07) is 17.1. The number of amides is 2. The molecule has 22 heavy (non-hydrogen) atoms. The molecular formula is C18H20N2O2. The van der Waals surface area contributed by atoms with Crippen molar-refractivity contribution < 1.29 is 9.59 Å².